The van der Waals surface area contributed by atoms with Gasteiger partial charge in [-0.1, -0.05) is 18.2 Å². The van der Waals surface area contributed by atoms with Gasteiger partial charge < -0.3 is 15.2 Å². The van der Waals surface area contributed by atoms with Crippen LogP contribution in [0.25, 0.3) is 0 Å². The van der Waals surface area contributed by atoms with Crippen LogP contribution in [0.3, 0.4) is 0 Å². The summed E-state index contributed by atoms with van der Waals surface area (Å²) in [5, 5.41) is 12.1. The van der Waals surface area contributed by atoms with Crippen molar-refractivity contribution in [2.24, 2.45) is 0 Å². The van der Waals surface area contributed by atoms with E-state index in [9.17, 15) is 9.90 Å². The monoisotopic (exact) mass is 257 g/mol. The van der Waals surface area contributed by atoms with E-state index in [-0.39, 0.29) is 11.7 Å². The van der Waals surface area contributed by atoms with Gasteiger partial charge in [-0.05, 0) is 35.9 Å². The number of anilines is 1. The van der Waals surface area contributed by atoms with Gasteiger partial charge in [0.2, 0.25) is 0 Å². The van der Waals surface area contributed by atoms with Crippen molar-refractivity contribution in [3.8, 4) is 5.75 Å². The number of rotatable bonds is 4. The lowest BCUT2D eigenvalue weighted by Gasteiger charge is -2.07. The molecule has 2 aromatic rings. The number of methoxy groups -OCH3 is 1. The lowest BCUT2D eigenvalue weighted by molar-refractivity contribution is 0.102. The molecule has 1 amide bonds. The van der Waals surface area contributed by atoms with E-state index >= 15 is 0 Å². The van der Waals surface area contributed by atoms with Gasteiger partial charge in [0.1, 0.15) is 5.75 Å². The zero-order chi connectivity index (χ0) is 13.7. The number of hydrogen-bond donors (Lipinski definition) is 2. The first-order valence-electron chi connectivity index (χ1n) is 5.87. The van der Waals surface area contributed by atoms with E-state index in [2.05, 4.69) is 5.32 Å². The fourth-order valence-electron chi connectivity index (χ4n) is 1.76. The Morgan fingerprint density at radius 2 is 2.00 bits per heavy atom. The Morgan fingerprint density at radius 3 is 2.74 bits per heavy atom. The maximum Gasteiger partial charge on any atom is 0.255 e. The molecule has 0 bridgehead atoms. The number of nitrogens with one attached hydrogen (secondary N) is 1. The van der Waals surface area contributed by atoms with Crippen LogP contribution in [-0.4, -0.2) is 18.1 Å². The lowest BCUT2D eigenvalue weighted by Crippen LogP contribution is -2.11. The van der Waals surface area contributed by atoms with Crippen LogP contribution < -0.4 is 5.32 Å². The molecule has 98 valence electrons. The van der Waals surface area contributed by atoms with Crippen molar-refractivity contribution >= 4 is 11.6 Å². The van der Waals surface area contributed by atoms with Crippen LogP contribution in [0.4, 0.5) is 5.69 Å². The summed E-state index contributed by atoms with van der Waals surface area (Å²) in [6.07, 6.45) is 0. The average Bonchev–Trinajstić information content (AvgIpc) is 2.39. The van der Waals surface area contributed by atoms with Crippen LogP contribution in [0, 0.1) is 0 Å². The first-order valence-corrected chi connectivity index (χ1v) is 5.87. The molecule has 0 radical (unpaired) electrons. The number of phenolic OH excluding ortho intramolecular Hbond substituents is 1. The van der Waals surface area contributed by atoms with Crippen LogP contribution in [-0.2, 0) is 11.3 Å². The minimum atomic E-state index is -0.259. The van der Waals surface area contributed by atoms with E-state index in [0.29, 0.717) is 17.9 Å². The van der Waals surface area contributed by atoms with Gasteiger partial charge in [-0.15, -0.1) is 0 Å². The summed E-state index contributed by atoms with van der Waals surface area (Å²) in [5.74, 6) is -0.189. The Labute approximate surface area is 111 Å². The van der Waals surface area contributed by atoms with Crippen molar-refractivity contribution in [2.45, 2.75) is 6.61 Å². The molecule has 2 aromatic carbocycles. The number of ether oxygens (including phenoxy) is 1. The Bertz CT molecular complexity index is 581. The van der Waals surface area contributed by atoms with Crippen LogP contribution in [0.15, 0.2) is 48.5 Å². The third-order valence-electron chi connectivity index (χ3n) is 2.60. The van der Waals surface area contributed by atoms with Gasteiger partial charge in [0.15, 0.2) is 0 Å². The molecule has 0 aromatic heterocycles. The number of benzene rings is 2. The highest BCUT2D eigenvalue weighted by molar-refractivity contribution is 6.04. The molecule has 0 fully saturated rings. The van der Waals surface area contributed by atoms with Crippen molar-refractivity contribution in [3.05, 3.63) is 59.7 Å². The van der Waals surface area contributed by atoms with E-state index in [1.54, 1.807) is 25.3 Å². The molecule has 0 aliphatic rings. The summed E-state index contributed by atoms with van der Waals surface area (Å²) in [7, 11) is 1.62. The topological polar surface area (TPSA) is 58.6 Å². The minimum absolute atomic E-state index is 0.0702. The summed E-state index contributed by atoms with van der Waals surface area (Å²) >= 11 is 0. The molecule has 2 N–H and O–H groups in total. The fourth-order valence-corrected chi connectivity index (χ4v) is 1.76. The van der Waals surface area contributed by atoms with Gasteiger partial charge in [-0.25, -0.2) is 0 Å². The Morgan fingerprint density at radius 1 is 1.21 bits per heavy atom. The lowest BCUT2D eigenvalue weighted by atomic mass is 10.1. The Hall–Kier alpha value is -2.33. The quantitative estimate of drug-likeness (QED) is 0.885. The summed E-state index contributed by atoms with van der Waals surface area (Å²) in [4.78, 5) is 12.0. The number of carbonyl (C=O) groups is 1. The standard InChI is InChI=1S/C15H15NO3/c1-19-10-11-4-2-6-13(8-11)16-15(18)12-5-3-7-14(17)9-12/h2-9,17H,10H2,1H3,(H,16,18). The Kier molecular flexibility index (Phi) is 4.15. The highest BCUT2D eigenvalue weighted by Gasteiger charge is 2.06. The SMILES string of the molecule is COCc1cccc(NC(=O)c2cccc(O)c2)c1. The van der Waals surface area contributed by atoms with E-state index in [1.165, 1.54) is 12.1 Å². The third-order valence-corrected chi connectivity index (χ3v) is 2.60. The van der Waals surface area contributed by atoms with E-state index in [1.807, 2.05) is 18.2 Å². The zero-order valence-electron chi connectivity index (χ0n) is 10.6. The first-order chi connectivity index (χ1) is 9.19. The second kappa shape index (κ2) is 6.02. The molecule has 0 atom stereocenters. The largest absolute Gasteiger partial charge is 0.508 e. The van der Waals surface area contributed by atoms with Crippen molar-refractivity contribution in [1.82, 2.24) is 0 Å². The number of phenols is 1. The number of carbonyl (C=O) groups excluding carboxylic acids is 1. The van der Waals surface area contributed by atoms with Gasteiger partial charge in [0.05, 0.1) is 6.61 Å². The summed E-state index contributed by atoms with van der Waals surface area (Å²) in [5.41, 5.74) is 2.09. The second-order valence-corrected chi connectivity index (χ2v) is 4.14. The molecule has 0 saturated carbocycles. The van der Waals surface area contributed by atoms with Crippen molar-refractivity contribution in [3.63, 3.8) is 0 Å². The summed E-state index contributed by atoms with van der Waals surface area (Å²) < 4.78 is 5.04. The molecule has 0 spiro atoms. The minimum Gasteiger partial charge on any atom is -0.508 e. The molecule has 19 heavy (non-hydrogen) atoms. The third kappa shape index (κ3) is 3.56. The van der Waals surface area contributed by atoms with E-state index < -0.39 is 0 Å². The number of amides is 1. The van der Waals surface area contributed by atoms with Crippen LogP contribution in [0.1, 0.15) is 15.9 Å². The molecule has 0 aliphatic heterocycles. The smallest absolute Gasteiger partial charge is 0.255 e. The summed E-state index contributed by atoms with van der Waals surface area (Å²) in [6.45, 7) is 0.496. The number of aromatic hydroxyl groups is 1. The van der Waals surface area contributed by atoms with Crippen LogP contribution >= 0.6 is 0 Å². The summed E-state index contributed by atoms with van der Waals surface area (Å²) in [6, 6.07) is 13.7. The van der Waals surface area contributed by atoms with Crippen LogP contribution in [0.2, 0.25) is 0 Å². The predicted octanol–water partition coefficient (Wildman–Crippen LogP) is 2.79. The average molecular weight is 257 g/mol. The van der Waals surface area contributed by atoms with E-state index in [4.69, 9.17) is 4.74 Å². The molecular formula is C15H15NO3. The molecule has 0 unspecified atom stereocenters. The molecule has 0 heterocycles. The van der Waals surface area contributed by atoms with Crippen molar-refractivity contribution < 1.29 is 14.6 Å². The van der Waals surface area contributed by atoms with Gasteiger partial charge >= 0.3 is 0 Å². The maximum atomic E-state index is 12.0. The maximum absolute atomic E-state index is 12.0. The molecule has 4 heteroatoms. The predicted molar refractivity (Wildman–Crippen MR) is 73.2 cm³/mol. The zero-order valence-corrected chi connectivity index (χ0v) is 10.6. The van der Waals surface area contributed by atoms with Crippen molar-refractivity contribution in [1.29, 1.82) is 0 Å². The Balaban J connectivity index is 2.12. The second-order valence-electron chi connectivity index (χ2n) is 4.14. The van der Waals surface area contributed by atoms with Gasteiger partial charge in [-0.2, -0.15) is 0 Å². The van der Waals surface area contributed by atoms with Crippen molar-refractivity contribution in [2.75, 3.05) is 12.4 Å². The van der Waals surface area contributed by atoms with Gasteiger partial charge in [0, 0.05) is 18.4 Å². The van der Waals surface area contributed by atoms with Gasteiger partial charge in [0.25, 0.3) is 5.91 Å². The van der Waals surface area contributed by atoms with E-state index in [0.717, 1.165) is 5.56 Å². The number of hydrogen-bond acceptors (Lipinski definition) is 3. The molecule has 4 nitrogen and oxygen atoms in total. The highest BCUT2D eigenvalue weighted by Crippen LogP contribution is 2.15. The first kappa shape index (κ1) is 13.1. The fraction of sp³-hybridized carbons (Fsp3) is 0.133. The van der Waals surface area contributed by atoms with Crippen LogP contribution in [0.5, 0.6) is 5.75 Å². The molecule has 0 saturated heterocycles. The molecule has 0 aliphatic carbocycles. The van der Waals surface area contributed by atoms with Gasteiger partial charge in [-0.3, -0.25) is 4.79 Å². The normalized spacial score (nSPS) is 10.2. The molecular weight excluding hydrogens is 242 g/mol. The highest BCUT2D eigenvalue weighted by atomic mass is 16.5. The molecule has 2 rings (SSSR count).